The largest absolute Gasteiger partial charge is 0.497 e. The summed E-state index contributed by atoms with van der Waals surface area (Å²) in [5.74, 6) is 0.739. The van der Waals surface area contributed by atoms with Crippen LogP contribution < -0.4 is 15.4 Å². The molecule has 0 spiro atoms. The summed E-state index contributed by atoms with van der Waals surface area (Å²) in [6, 6.07) is 7.30. The second-order valence-electron chi connectivity index (χ2n) is 3.90. The zero-order valence-corrected chi connectivity index (χ0v) is 9.90. The zero-order valence-electron chi connectivity index (χ0n) is 9.90. The smallest absolute Gasteiger partial charge is 0.321 e. The fourth-order valence-corrected chi connectivity index (χ4v) is 1.77. The lowest BCUT2D eigenvalue weighted by atomic mass is 10.3. The molecule has 5 nitrogen and oxygen atoms in total. The van der Waals surface area contributed by atoms with Gasteiger partial charge in [0.2, 0.25) is 0 Å². The Morgan fingerprint density at radius 3 is 2.88 bits per heavy atom. The van der Waals surface area contributed by atoms with Crippen molar-refractivity contribution in [1.82, 2.24) is 10.2 Å². The van der Waals surface area contributed by atoms with Crippen molar-refractivity contribution in [3.63, 3.8) is 0 Å². The van der Waals surface area contributed by atoms with Gasteiger partial charge in [-0.25, -0.2) is 4.79 Å². The second kappa shape index (κ2) is 5.54. The highest BCUT2D eigenvalue weighted by molar-refractivity contribution is 5.89. The van der Waals surface area contributed by atoms with Gasteiger partial charge in [0.25, 0.3) is 0 Å². The Morgan fingerprint density at radius 2 is 2.18 bits per heavy atom. The Kier molecular flexibility index (Phi) is 3.82. The lowest BCUT2D eigenvalue weighted by molar-refractivity contribution is 0.204. The number of amides is 2. The molecule has 0 aliphatic carbocycles. The fourth-order valence-electron chi connectivity index (χ4n) is 1.77. The molecule has 92 valence electrons. The number of hydrogen-bond acceptors (Lipinski definition) is 3. The average Bonchev–Trinajstić information content (AvgIpc) is 2.40. The van der Waals surface area contributed by atoms with E-state index in [0.29, 0.717) is 0 Å². The number of methoxy groups -OCH3 is 1. The van der Waals surface area contributed by atoms with E-state index in [0.717, 1.165) is 37.6 Å². The molecule has 0 atom stereocenters. The molecule has 0 unspecified atom stereocenters. The van der Waals surface area contributed by atoms with Gasteiger partial charge in [0.15, 0.2) is 0 Å². The molecule has 1 heterocycles. The van der Waals surface area contributed by atoms with E-state index in [1.54, 1.807) is 18.1 Å². The SMILES string of the molecule is COc1cccc(NC(=O)N2CCNCC2)c1. The molecule has 0 bridgehead atoms. The van der Waals surface area contributed by atoms with Crippen LogP contribution in [0.25, 0.3) is 0 Å². The first-order valence-corrected chi connectivity index (χ1v) is 5.70. The van der Waals surface area contributed by atoms with Crippen LogP contribution in [0.15, 0.2) is 24.3 Å². The topological polar surface area (TPSA) is 53.6 Å². The highest BCUT2D eigenvalue weighted by Crippen LogP contribution is 2.17. The molecule has 0 radical (unpaired) electrons. The van der Waals surface area contributed by atoms with Crippen molar-refractivity contribution in [2.75, 3.05) is 38.6 Å². The van der Waals surface area contributed by atoms with Gasteiger partial charge in [0.05, 0.1) is 7.11 Å². The van der Waals surface area contributed by atoms with E-state index in [2.05, 4.69) is 10.6 Å². The van der Waals surface area contributed by atoms with Crippen LogP contribution in [-0.2, 0) is 0 Å². The number of ether oxygens (including phenoxy) is 1. The number of rotatable bonds is 2. The van der Waals surface area contributed by atoms with Crippen LogP contribution in [0.3, 0.4) is 0 Å². The number of nitrogens with zero attached hydrogens (tertiary/aromatic N) is 1. The summed E-state index contributed by atoms with van der Waals surface area (Å²) >= 11 is 0. The maximum Gasteiger partial charge on any atom is 0.321 e. The van der Waals surface area contributed by atoms with Gasteiger partial charge in [-0.05, 0) is 12.1 Å². The quantitative estimate of drug-likeness (QED) is 0.808. The molecule has 1 fully saturated rings. The minimum Gasteiger partial charge on any atom is -0.497 e. The highest BCUT2D eigenvalue weighted by Gasteiger charge is 2.15. The van der Waals surface area contributed by atoms with Gasteiger partial charge in [0, 0.05) is 37.9 Å². The summed E-state index contributed by atoms with van der Waals surface area (Å²) in [5.41, 5.74) is 0.757. The Morgan fingerprint density at radius 1 is 1.41 bits per heavy atom. The molecule has 1 aliphatic rings. The number of piperazine rings is 1. The standard InChI is InChI=1S/C12H17N3O2/c1-17-11-4-2-3-10(9-11)14-12(16)15-7-5-13-6-8-15/h2-4,9,13H,5-8H2,1H3,(H,14,16). The number of benzene rings is 1. The third-order valence-corrected chi connectivity index (χ3v) is 2.73. The number of anilines is 1. The fraction of sp³-hybridized carbons (Fsp3) is 0.417. The van der Waals surface area contributed by atoms with E-state index < -0.39 is 0 Å². The van der Waals surface area contributed by atoms with Gasteiger partial charge in [0.1, 0.15) is 5.75 Å². The van der Waals surface area contributed by atoms with Gasteiger partial charge in [-0.15, -0.1) is 0 Å². The van der Waals surface area contributed by atoms with Gasteiger partial charge < -0.3 is 20.3 Å². The highest BCUT2D eigenvalue weighted by atomic mass is 16.5. The molecule has 0 aromatic heterocycles. The summed E-state index contributed by atoms with van der Waals surface area (Å²) in [6.07, 6.45) is 0. The van der Waals surface area contributed by atoms with Crippen molar-refractivity contribution in [3.05, 3.63) is 24.3 Å². The van der Waals surface area contributed by atoms with E-state index in [-0.39, 0.29) is 6.03 Å². The van der Waals surface area contributed by atoms with Gasteiger partial charge >= 0.3 is 6.03 Å². The Bertz CT molecular complexity index is 389. The maximum atomic E-state index is 11.9. The molecule has 2 N–H and O–H groups in total. The van der Waals surface area contributed by atoms with Gasteiger partial charge in [-0.3, -0.25) is 0 Å². The van der Waals surface area contributed by atoms with Crippen molar-refractivity contribution in [2.24, 2.45) is 0 Å². The first-order chi connectivity index (χ1) is 8.29. The molecular formula is C12H17N3O2. The zero-order chi connectivity index (χ0) is 12.1. The molecule has 5 heteroatoms. The number of urea groups is 1. The lowest BCUT2D eigenvalue weighted by Crippen LogP contribution is -2.48. The normalized spacial score (nSPS) is 15.5. The Hall–Kier alpha value is -1.75. The van der Waals surface area contributed by atoms with Crippen molar-refractivity contribution in [1.29, 1.82) is 0 Å². The van der Waals surface area contributed by atoms with E-state index in [9.17, 15) is 4.79 Å². The number of carbonyl (C=O) groups excluding carboxylic acids is 1. The first kappa shape index (κ1) is 11.7. The predicted molar refractivity (Wildman–Crippen MR) is 66.5 cm³/mol. The summed E-state index contributed by atoms with van der Waals surface area (Å²) in [5, 5.41) is 6.08. The molecular weight excluding hydrogens is 218 g/mol. The monoisotopic (exact) mass is 235 g/mol. The predicted octanol–water partition coefficient (Wildman–Crippen LogP) is 1.13. The minimum atomic E-state index is -0.0558. The Labute approximate surface area is 101 Å². The van der Waals surface area contributed by atoms with Crippen molar-refractivity contribution in [3.8, 4) is 5.75 Å². The third-order valence-electron chi connectivity index (χ3n) is 2.73. The van der Waals surface area contributed by atoms with Crippen LogP contribution in [0.1, 0.15) is 0 Å². The van der Waals surface area contributed by atoms with Gasteiger partial charge in [-0.1, -0.05) is 6.07 Å². The summed E-state index contributed by atoms with van der Waals surface area (Å²) in [4.78, 5) is 13.7. The van der Waals surface area contributed by atoms with E-state index in [1.165, 1.54) is 0 Å². The number of nitrogens with one attached hydrogen (secondary N) is 2. The van der Waals surface area contributed by atoms with Crippen LogP contribution >= 0.6 is 0 Å². The van der Waals surface area contributed by atoms with E-state index in [4.69, 9.17) is 4.74 Å². The van der Waals surface area contributed by atoms with Crippen molar-refractivity contribution < 1.29 is 9.53 Å². The summed E-state index contributed by atoms with van der Waals surface area (Å²) in [7, 11) is 1.61. The van der Waals surface area contributed by atoms with Crippen LogP contribution in [0, 0.1) is 0 Å². The molecule has 1 aromatic carbocycles. The van der Waals surface area contributed by atoms with Gasteiger partial charge in [-0.2, -0.15) is 0 Å². The molecule has 2 amide bonds. The third kappa shape index (κ3) is 3.10. The van der Waals surface area contributed by atoms with Crippen LogP contribution in [0.2, 0.25) is 0 Å². The number of carbonyl (C=O) groups is 1. The molecule has 1 aromatic rings. The van der Waals surface area contributed by atoms with Crippen molar-refractivity contribution in [2.45, 2.75) is 0 Å². The minimum absolute atomic E-state index is 0.0558. The molecule has 0 saturated carbocycles. The molecule has 1 saturated heterocycles. The average molecular weight is 235 g/mol. The lowest BCUT2D eigenvalue weighted by Gasteiger charge is -2.27. The maximum absolute atomic E-state index is 11.9. The van der Waals surface area contributed by atoms with Crippen LogP contribution in [0.5, 0.6) is 5.75 Å². The van der Waals surface area contributed by atoms with E-state index >= 15 is 0 Å². The van der Waals surface area contributed by atoms with Crippen molar-refractivity contribution >= 4 is 11.7 Å². The molecule has 1 aliphatic heterocycles. The van der Waals surface area contributed by atoms with Crippen LogP contribution in [0.4, 0.5) is 10.5 Å². The molecule has 17 heavy (non-hydrogen) atoms. The van der Waals surface area contributed by atoms with E-state index in [1.807, 2.05) is 18.2 Å². The second-order valence-corrected chi connectivity index (χ2v) is 3.90. The Balaban J connectivity index is 1.96. The number of hydrogen-bond donors (Lipinski definition) is 2. The molecule has 2 rings (SSSR count). The van der Waals surface area contributed by atoms with Crippen LogP contribution in [-0.4, -0.2) is 44.2 Å². The summed E-state index contributed by atoms with van der Waals surface area (Å²) < 4.78 is 5.11. The summed E-state index contributed by atoms with van der Waals surface area (Å²) in [6.45, 7) is 3.20. The first-order valence-electron chi connectivity index (χ1n) is 5.70.